The molecule has 5 nitrogen and oxygen atoms in total. The maximum absolute atomic E-state index is 12.2. The van der Waals surface area contributed by atoms with Crippen LogP contribution in [0, 0.1) is 13.8 Å². The van der Waals surface area contributed by atoms with E-state index in [4.69, 9.17) is 4.42 Å². The number of nitrogens with one attached hydrogen (secondary N) is 1. The van der Waals surface area contributed by atoms with E-state index in [9.17, 15) is 9.59 Å². The van der Waals surface area contributed by atoms with Gasteiger partial charge in [0.25, 0.3) is 0 Å². The van der Waals surface area contributed by atoms with Crippen LogP contribution in [-0.4, -0.2) is 16.0 Å². The van der Waals surface area contributed by atoms with Gasteiger partial charge in [-0.05, 0) is 41.0 Å². The van der Waals surface area contributed by atoms with Gasteiger partial charge < -0.3 is 9.73 Å². The van der Waals surface area contributed by atoms with Crippen LogP contribution in [0.4, 0.5) is 0 Å². The molecule has 0 radical (unpaired) electrons. The lowest BCUT2D eigenvalue weighted by Gasteiger charge is -2.25. The number of hydrogen-bond donors (Lipinski definition) is 1. The number of rotatable bonds is 3. The average molecular weight is 254 g/mol. The van der Waals surface area contributed by atoms with E-state index in [1.807, 2.05) is 27.7 Å². The molecule has 0 aromatic carbocycles. The molecule has 1 atom stereocenters. The zero-order valence-electron chi connectivity index (χ0n) is 12.0. The van der Waals surface area contributed by atoms with E-state index in [0.717, 1.165) is 0 Å². The van der Waals surface area contributed by atoms with E-state index >= 15 is 0 Å². The van der Waals surface area contributed by atoms with Gasteiger partial charge in [-0.2, -0.15) is 0 Å². The van der Waals surface area contributed by atoms with Gasteiger partial charge in [-0.1, -0.05) is 6.92 Å². The third-order valence-corrected chi connectivity index (χ3v) is 2.81. The molecular weight excluding hydrogens is 232 g/mol. The van der Waals surface area contributed by atoms with Gasteiger partial charge in [0, 0.05) is 5.54 Å². The van der Waals surface area contributed by atoms with Crippen LogP contribution in [0.25, 0.3) is 0 Å². The number of amides is 1. The van der Waals surface area contributed by atoms with Gasteiger partial charge in [-0.25, -0.2) is 4.79 Å². The summed E-state index contributed by atoms with van der Waals surface area (Å²) in [6.45, 7) is 11.1. The lowest BCUT2D eigenvalue weighted by molar-refractivity contribution is -0.126. The van der Waals surface area contributed by atoms with Gasteiger partial charge in [0.2, 0.25) is 5.91 Å². The maximum Gasteiger partial charge on any atom is 0.420 e. The molecule has 0 spiro atoms. The number of nitrogens with zero attached hydrogens (tertiary/aromatic N) is 1. The van der Waals surface area contributed by atoms with Crippen molar-refractivity contribution in [2.24, 2.45) is 0 Å². The van der Waals surface area contributed by atoms with Crippen molar-refractivity contribution in [1.82, 2.24) is 9.88 Å². The molecule has 0 aliphatic rings. The van der Waals surface area contributed by atoms with Crippen LogP contribution in [0.5, 0.6) is 0 Å². The summed E-state index contributed by atoms with van der Waals surface area (Å²) in [5, 5.41) is 2.89. The minimum Gasteiger partial charge on any atom is -0.413 e. The SMILES string of the molecule is CC[C@H](C(=O)NC(C)(C)C)n1c(C)c(C)oc1=O. The van der Waals surface area contributed by atoms with Crippen molar-refractivity contribution < 1.29 is 9.21 Å². The summed E-state index contributed by atoms with van der Waals surface area (Å²) in [5.74, 6) is -0.0704. The molecule has 18 heavy (non-hydrogen) atoms. The summed E-state index contributed by atoms with van der Waals surface area (Å²) >= 11 is 0. The van der Waals surface area contributed by atoms with Crippen molar-refractivity contribution in [3.63, 3.8) is 0 Å². The Bertz CT molecular complexity index is 491. The Morgan fingerprint density at radius 2 is 1.94 bits per heavy atom. The molecule has 0 aliphatic heterocycles. The molecule has 0 unspecified atom stereocenters. The van der Waals surface area contributed by atoms with E-state index in [1.165, 1.54) is 4.57 Å². The van der Waals surface area contributed by atoms with Gasteiger partial charge in [0.1, 0.15) is 11.8 Å². The minimum atomic E-state index is -0.519. The molecule has 5 heteroatoms. The summed E-state index contributed by atoms with van der Waals surface area (Å²) in [4.78, 5) is 23.9. The lowest BCUT2D eigenvalue weighted by atomic mass is 10.1. The fourth-order valence-corrected chi connectivity index (χ4v) is 1.86. The predicted octanol–water partition coefficient (Wildman–Crippen LogP) is 1.92. The second-order valence-corrected chi connectivity index (χ2v) is 5.54. The van der Waals surface area contributed by atoms with Gasteiger partial charge in [-0.15, -0.1) is 0 Å². The van der Waals surface area contributed by atoms with Gasteiger partial charge in [-0.3, -0.25) is 9.36 Å². The molecule has 1 amide bonds. The first-order valence-corrected chi connectivity index (χ1v) is 6.18. The Hall–Kier alpha value is -1.52. The summed E-state index contributed by atoms with van der Waals surface area (Å²) in [5.41, 5.74) is 0.386. The summed E-state index contributed by atoms with van der Waals surface area (Å²) in [6.07, 6.45) is 0.543. The van der Waals surface area contributed by atoms with Crippen molar-refractivity contribution in [2.45, 2.75) is 59.5 Å². The van der Waals surface area contributed by atoms with Crippen molar-refractivity contribution >= 4 is 5.91 Å². The Morgan fingerprint density at radius 3 is 2.28 bits per heavy atom. The largest absolute Gasteiger partial charge is 0.420 e. The standard InChI is InChI=1S/C13H22N2O3/c1-7-10(11(16)14-13(4,5)6)15-8(2)9(3)18-12(15)17/h10H,7H2,1-6H3,(H,14,16)/t10-/m1/s1. The highest BCUT2D eigenvalue weighted by molar-refractivity contribution is 5.81. The summed E-state index contributed by atoms with van der Waals surface area (Å²) < 4.78 is 6.46. The van der Waals surface area contributed by atoms with E-state index in [-0.39, 0.29) is 11.4 Å². The van der Waals surface area contributed by atoms with Crippen LogP contribution < -0.4 is 11.1 Å². The van der Waals surface area contributed by atoms with Crippen LogP contribution in [-0.2, 0) is 4.79 Å². The van der Waals surface area contributed by atoms with Crippen LogP contribution in [0.1, 0.15) is 51.6 Å². The van der Waals surface area contributed by atoms with Crippen molar-refractivity contribution in [2.75, 3.05) is 0 Å². The Kier molecular flexibility index (Phi) is 4.04. The van der Waals surface area contributed by atoms with E-state index in [2.05, 4.69) is 5.32 Å². The second kappa shape index (κ2) is 5.00. The zero-order chi connectivity index (χ0) is 14.1. The van der Waals surface area contributed by atoms with E-state index < -0.39 is 11.8 Å². The number of aromatic nitrogens is 1. The van der Waals surface area contributed by atoms with E-state index in [1.54, 1.807) is 13.8 Å². The second-order valence-electron chi connectivity index (χ2n) is 5.54. The molecule has 1 heterocycles. The maximum atomic E-state index is 12.2. The lowest BCUT2D eigenvalue weighted by Crippen LogP contribution is -2.45. The highest BCUT2D eigenvalue weighted by atomic mass is 16.4. The Labute approximate surface area is 107 Å². The highest BCUT2D eigenvalue weighted by Crippen LogP contribution is 2.16. The van der Waals surface area contributed by atoms with Gasteiger partial charge in [0.15, 0.2) is 0 Å². The molecule has 0 saturated carbocycles. The molecule has 0 aliphatic carbocycles. The Balaban J connectivity index is 3.11. The number of oxazole rings is 1. The predicted molar refractivity (Wildman–Crippen MR) is 69.7 cm³/mol. The first-order valence-electron chi connectivity index (χ1n) is 6.18. The minimum absolute atomic E-state index is 0.156. The number of hydrogen-bond acceptors (Lipinski definition) is 3. The smallest absolute Gasteiger partial charge is 0.413 e. The van der Waals surface area contributed by atoms with Crippen LogP contribution in [0.15, 0.2) is 9.21 Å². The van der Waals surface area contributed by atoms with Crippen LogP contribution in [0.2, 0.25) is 0 Å². The van der Waals surface area contributed by atoms with E-state index in [0.29, 0.717) is 17.9 Å². The number of carbonyl (C=O) groups is 1. The van der Waals surface area contributed by atoms with Gasteiger partial charge in [0.05, 0.1) is 5.69 Å². The molecule has 0 saturated heterocycles. The number of carbonyl (C=O) groups excluding carboxylic acids is 1. The normalized spacial score (nSPS) is 13.4. The monoisotopic (exact) mass is 254 g/mol. The molecule has 102 valence electrons. The Morgan fingerprint density at radius 1 is 1.39 bits per heavy atom. The average Bonchev–Trinajstić information content (AvgIpc) is 2.43. The summed E-state index contributed by atoms with van der Waals surface area (Å²) in [6, 6.07) is -0.519. The summed E-state index contributed by atoms with van der Waals surface area (Å²) in [7, 11) is 0. The number of aryl methyl sites for hydroxylation is 1. The quantitative estimate of drug-likeness (QED) is 0.896. The molecule has 1 aromatic rings. The van der Waals surface area contributed by atoms with Crippen molar-refractivity contribution in [3.8, 4) is 0 Å². The highest BCUT2D eigenvalue weighted by Gasteiger charge is 2.26. The van der Waals surface area contributed by atoms with Gasteiger partial charge >= 0.3 is 5.76 Å². The molecule has 0 fully saturated rings. The molecule has 1 aromatic heterocycles. The fraction of sp³-hybridized carbons (Fsp3) is 0.692. The van der Waals surface area contributed by atoms with Crippen molar-refractivity contribution in [1.29, 1.82) is 0 Å². The fourth-order valence-electron chi connectivity index (χ4n) is 1.86. The first-order chi connectivity index (χ1) is 8.17. The molecule has 1 rings (SSSR count). The third kappa shape index (κ3) is 3.03. The zero-order valence-corrected chi connectivity index (χ0v) is 12.0. The first kappa shape index (κ1) is 14.5. The third-order valence-electron chi connectivity index (χ3n) is 2.81. The molecule has 1 N–H and O–H groups in total. The van der Waals surface area contributed by atoms with Crippen LogP contribution >= 0.6 is 0 Å². The molecular formula is C13H22N2O3. The topological polar surface area (TPSA) is 64.2 Å². The van der Waals surface area contributed by atoms with Crippen LogP contribution in [0.3, 0.4) is 0 Å². The molecule has 0 bridgehead atoms. The van der Waals surface area contributed by atoms with Crippen molar-refractivity contribution in [3.05, 3.63) is 22.0 Å².